The Morgan fingerprint density at radius 2 is 1.79 bits per heavy atom. The Hall–Kier alpha value is -1.20. The smallest absolute Gasteiger partial charge is 0.109 e. The minimum absolute atomic E-state index is 0.184. The Kier molecular flexibility index (Phi) is 8.63. The molecule has 0 aromatic rings. The first-order valence-corrected chi connectivity index (χ1v) is 8.55. The number of ether oxygens (including phenoxy) is 1. The van der Waals surface area contributed by atoms with Gasteiger partial charge in [0.15, 0.2) is 0 Å². The SMILES string of the molecule is C=C(C)/C=C/C=C(\C)[C@H](CC=C(C)C)OC1CCC(O)C(O)C1O. The third kappa shape index (κ3) is 6.73. The van der Waals surface area contributed by atoms with E-state index in [1.54, 1.807) is 0 Å². The molecular formula is C20H32O4. The zero-order chi connectivity index (χ0) is 18.3. The quantitative estimate of drug-likeness (QED) is 0.494. The van der Waals surface area contributed by atoms with E-state index in [1.807, 2.05) is 45.9 Å². The van der Waals surface area contributed by atoms with Crippen LogP contribution in [0, 0.1) is 0 Å². The van der Waals surface area contributed by atoms with Crippen LogP contribution in [-0.4, -0.2) is 45.8 Å². The Morgan fingerprint density at radius 3 is 2.38 bits per heavy atom. The van der Waals surface area contributed by atoms with Gasteiger partial charge in [0, 0.05) is 0 Å². The monoisotopic (exact) mass is 336 g/mol. The van der Waals surface area contributed by atoms with Crippen LogP contribution in [0.5, 0.6) is 0 Å². The minimum atomic E-state index is -1.15. The van der Waals surface area contributed by atoms with Crippen LogP contribution in [0.1, 0.15) is 47.0 Å². The lowest BCUT2D eigenvalue weighted by molar-refractivity contribution is -0.162. The van der Waals surface area contributed by atoms with Crippen molar-refractivity contribution in [3.05, 3.63) is 47.6 Å². The first-order valence-electron chi connectivity index (χ1n) is 8.55. The second kappa shape index (κ2) is 9.94. The Labute approximate surface area is 145 Å². The van der Waals surface area contributed by atoms with Crippen molar-refractivity contribution < 1.29 is 20.1 Å². The first-order chi connectivity index (χ1) is 11.2. The van der Waals surface area contributed by atoms with Crippen LogP contribution in [0.15, 0.2) is 47.6 Å². The zero-order valence-corrected chi connectivity index (χ0v) is 15.3. The fraction of sp³-hybridized carbons (Fsp3) is 0.600. The molecule has 0 spiro atoms. The summed E-state index contributed by atoms with van der Waals surface area (Å²) in [7, 11) is 0. The van der Waals surface area contributed by atoms with Crippen molar-refractivity contribution in [3.8, 4) is 0 Å². The van der Waals surface area contributed by atoms with E-state index in [2.05, 4.69) is 12.7 Å². The number of hydrogen-bond acceptors (Lipinski definition) is 4. The maximum Gasteiger partial charge on any atom is 0.109 e. The molecule has 1 aliphatic carbocycles. The molecule has 0 radical (unpaired) electrons. The summed E-state index contributed by atoms with van der Waals surface area (Å²) in [6.07, 6.45) is 5.84. The van der Waals surface area contributed by atoms with E-state index in [-0.39, 0.29) is 6.10 Å². The van der Waals surface area contributed by atoms with Crippen molar-refractivity contribution in [2.75, 3.05) is 0 Å². The Morgan fingerprint density at radius 1 is 1.12 bits per heavy atom. The van der Waals surface area contributed by atoms with Crippen LogP contribution in [0.4, 0.5) is 0 Å². The summed E-state index contributed by atoms with van der Waals surface area (Å²) in [5.74, 6) is 0. The summed E-state index contributed by atoms with van der Waals surface area (Å²) in [6, 6.07) is 0. The van der Waals surface area contributed by atoms with E-state index in [9.17, 15) is 15.3 Å². The van der Waals surface area contributed by atoms with Crippen LogP contribution >= 0.6 is 0 Å². The molecule has 1 saturated carbocycles. The molecule has 1 rings (SSSR count). The van der Waals surface area contributed by atoms with Gasteiger partial charge in [-0.1, -0.05) is 42.0 Å². The van der Waals surface area contributed by atoms with E-state index in [0.717, 1.165) is 11.1 Å². The maximum absolute atomic E-state index is 10.2. The normalized spacial score (nSPS) is 29.5. The number of aliphatic hydroxyl groups excluding tert-OH is 3. The van der Waals surface area contributed by atoms with E-state index in [4.69, 9.17) is 4.74 Å². The molecule has 0 heterocycles. The van der Waals surface area contributed by atoms with Crippen molar-refractivity contribution in [1.82, 2.24) is 0 Å². The lowest BCUT2D eigenvalue weighted by atomic mass is 9.89. The molecule has 5 atom stereocenters. The van der Waals surface area contributed by atoms with Gasteiger partial charge < -0.3 is 20.1 Å². The van der Waals surface area contributed by atoms with Crippen LogP contribution in [0.2, 0.25) is 0 Å². The average Bonchev–Trinajstić information content (AvgIpc) is 2.50. The molecule has 24 heavy (non-hydrogen) atoms. The standard InChI is InChI=1S/C20H32O4/c1-13(2)7-6-8-15(5)17(11-9-14(3)4)24-18-12-10-16(21)19(22)20(18)23/h6-9,16-23H,1,10-12H2,2-5H3/b7-6+,15-8+/t16?,17-,18?,19?,20?/m0/s1. The van der Waals surface area contributed by atoms with Crippen LogP contribution < -0.4 is 0 Å². The molecule has 0 aromatic heterocycles. The predicted octanol–water partition coefficient (Wildman–Crippen LogP) is 3.05. The minimum Gasteiger partial charge on any atom is -0.390 e. The molecule has 4 unspecified atom stereocenters. The molecule has 0 bridgehead atoms. The summed E-state index contributed by atoms with van der Waals surface area (Å²) in [4.78, 5) is 0. The largest absolute Gasteiger partial charge is 0.390 e. The summed E-state index contributed by atoms with van der Waals surface area (Å²) >= 11 is 0. The van der Waals surface area contributed by atoms with Crippen molar-refractivity contribution in [2.24, 2.45) is 0 Å². The summed E-state index contributed by atoms with van der Waals surface area (Å²) in [5.41, 5.74) is 3.21. The lowest BCUT2D eigenvalue weighted by Crippen LogP contribution is -2.51. The molecule has 0 amide bonds. The molecule has 1 fully saturated rings. The van der Waals surface area contributed by atoms with E-state index in [0.29, 0.717) is 19.3 Å². The van der Waals surface area contributed by atoms with Gasteiger partial charge in [0.05, 0.1) is 18.3 Å². The van der Waals surface area contributed by atoms with Gasteiger partial charge in [-0.2, -0.15) is 0 Å². The number of hydrogen-bond donors (Lipinski definition) is 3. The molecule has 0 saturated heterocycles. The van der Waals surface area contributed by atoms with Crippen molar-refractivity contribution in [3.63, 3.8) is 0 Å². The first kappa shape index (κ1) is 20.8. The Bertz CT molecular complexity index is 500. The van der Waals surface area contributed by atoms with Crippen LogP contribution in [-0.2, 0) is 4.74 Å². The van der Waals surface area contributed by atoms with Gasteiger partial charge in [-0.15, -0.1) is 0 Å². The molecular weight excluding hydrogens is 304 g/mol. The highest BCUT2D eigenvalue weighted by atomic mass is 16.5. The zero-order valence-electron chi connectivity index (χ0n) is 15.3. The fourth-order valence-corrected chi connectivity index (χ4v) is 2.65. The number of allylic oxidation sites excluding steroid dienone is 5. The van der Waals surface area contributed by atoms with Crippen molar-refractivity contribution in [2.45, 2.75) is 77.5 Å². The molecule has 4 heteroatoms. The number of aliphatic hydroxyl groups is 3. The van der Waals surface area contributed by atoms with Gasteiger partial charge in [-0.3, -0.25) is 0 Å². The third-order valence-electron chi connectivity index (χ3n) is 4.20. The van der Waals surface area contributed by atoms with Crippen LogP contribution in [0.25, 0.3) is 0 Å². The second-order valence-corrected chi connectivity index (χ2v) is 6.92. The lowest BCUT2D eigenvalue weighted by Gasteiger charge is -2.37. The van der Waals surface area contributed by atoms with E-state index in [1.165, 1.54) is 5.57 Å². The van der Waals surface area contributed by atoms with Crippen LogP contribution in [0.3, 0.4) is 0 Å². The molecule has 136 valence electrons. The highest BCUT2D eigenvalue weighted by molar-refractivity contribution is 5.22. The van der Waals surface area contributed by atoms with Gasteiger partial charge in [0.25, 0.3) is 0 Å². The molecule has 0 aliphatic heterocycles. The predicted molar refractivity (Wildman–Crippen MR) is 97.7 cm³/mol. The van der Waals surface area contributed by atoms with Crippen molar-refractivity contribution >= 4 is 0 Å². The van der Waals surface area contributed by atoms with Gasteiger partial charge in [0.2, 0.25) is 0 Å². The summed E-state index contributed by atoms with van der Waals surface area (Å²) in [5, 5.41) is 29.7. The summed E-state index contributed by atoms with van der Waals surface area (Å²) < 4.78 is 6.10. The topological polar surface area (TPSA) is 69.9 Å². The van der Waals surface area contributed by atoms with Gasteiger partial charge in [-0.25, -0.2) is 0 Å². The maximum atomic E-state index is 10.2. The summed E-state index contributed by atoms with van der Waals surface area (Å²) in [6.45, 7) is 11.8. The van der Waals surface area contributed by atoms with Gasteiger partial charge in [0.1, 0.15) is 12.2 Å². The second-order valence-electron chi connectivity index (χ2n) is 6.92. The molecule has 1 aliphatic rings. The van der Waals surface area contributed by atoms with Gasteiger partial charge in [-0.05, 0) is 52.5 Å². The molecule has 4 nitrogen and oxygen atoms in total. The molecule has 3 N–H and O–H groups in total. The van der Waals surface area contributed by atoms with Gasteiger partial charge >= 0.3 is 0 Å². The van der Waals surface area contributed by atoms with E-state index >= 15 is 0 Å². The van der Waals surface area contributed by atoms with E-state index < -0.39 is 24.4 Å². The van der Waals surface area contributed by atoms with Crippen molar-refractivity contribution in [1.29, 1.82) is 0 Å². The molecule has 0 aromatic carbocycles. The highest BCUT2D eigenvalue weighted by Gasteiger charge is 2.38. The average molecular weight is 336 g/mol. The third-order valence-corrected chi connectivity index (χ3v) is 4.20. The highest BCUT2D eigenvalue weighted by Crippen LogP contribution is 2.26. The Balaban J connectivity index is 2.85. The number of rotatable bonds is 7. The fourth-order valence-electron chi connectivity index (χ4n) is 2.65.